The summed E-state index contributed by atoms with van der Waals surface area (Å²) in [6.45, 7) is 5.02. The third-order valence-electron chi connectivity index (χ3n) is 6.82. The Bertz CT molecular complexity index is 1660. The number of amides is 2. The van der Waals surface area contributed by atoms with Gasteiger partial charge in [-0.05, 0) is 75.9 Å². The van der Waals surface area contributed by atoms with E-state index in [0.717, 1.165) is 24.3 Å². The van der Waals surface area contributed by atoms with Gasteiger partial charge in [-0.3, -0.25) is 5.32 Å². The molecule has 1 aliphatic rings. The van der Waals surface area contributed by atoms with Crippen molar-refractivity contribution in [3.05, 3.63) is 77.4 Å². The number of aliphatic imine (C=N–C) groups is 1. The predicted octanol–water partition coefficient (Wildman–Crippen LogP) is 8.56. The number of likely N-dealkylation sites (tertiary alicyclic amines) is 1. The summed E-state index contributed by atoms with van der Waals surface area (Å²) in [6, 6.07) is 7.13. The first-order valence-electron chi connectivity index (χ1n) is 14.6. The minimum atomic E-state index is -4.79. The van der Waals surface area contributed by atoms with Crippen LogP contribution in [0.3, 0.4) is 0 Å². The van der Waals surface area contributed by atoms with Gasteiger partial charge < -0.3 is 23.9 Å². The molecule has 0 bridgehead atoms. The van der Waals surface area contributed by atoms with E-state index in [-0.39, 0.29) is 42.7 Å². The summed E-state index contributed by atoms with van der Waals surface area (Å²) in [7, 11) is 0. The van der Waals surface area contributed by atoms with Gasteiger partial charge in [0.05, 0.1) is 17.7 Å². The Kier molecular flexibility index (Phi) is 10.7. The number of halogens is 6. The van der Waals surface area contributed by atoms with E-state index in [2.05, 4.69) is 15.3 Å². The number of carbonyl (C=O) groups excluding carboxylic acids is 1. The molecule has 1 aromatic heterocycles. The number of rotatable bonds is 7. The van der Waals surface area contributed by atoms with Crippen LogP contribution in [0.25, 0.3) is 17.3 Å². The smallest absolute Gasteiger partial charge is 0.434 e. The number of hydrogen-bond donors (Lipinski definition) is 2. The molecular formula is C32H32F6N4O6. The van der Waals surface area contributed by atoms with E-state index in [1.54, 1.807) is 26.8 Å². The van der Waals surface area contributed by atoms with Crippen LogP contribution >= 0.6 is 0 Å². The molecule has 4 rings (SSSR count). The van der Waals surface area contributed by atoms with Crippen LogP contribution in [-0.4, -0.2) is 51.9 Å². The van der Waals surface area contributed by atoms with E-state index in [4.69, 9.17) is 13.9 Å². The normalized spacial score (nSPS) is 16.0. The van der Waals surface area contributed by atoms with Crippen LogP contribution in [0.5, 0.6) is 5.75 Å². The monoisotopic (exact) mass is 682 g/mol. The van der Waals surface area contributed by atoms with E-state index >= 15 is 0 Å². The van der Waals surface area contributed by atoms with Crippen LogP contribution in [0.1, 0.15) is 68.7 Å². The highest BCUT2D eigenvalue weighted by Crippen LogP contribution is 2.40. The fourth-order valence-corrected chi connectivity index (χ4v) is 4.78. The maximum atomic E-state index is 14.0. The van der Waals surface area contributed by atoms with Crippen LogP contribution in [0.4, 0.5) is 35.9 Å². The Morgan fingerprint density at radius 3 is 2.42 bits per heavy atom. The molecule has 1 saturated heterocycles. The van der Waals surface area contributed by atoms with E-state index in [1.807, 2.05) is 0 Å². The molecule has 0 spiro atoms. The van der Waals surface area contributed by atoms with Gasteiger partial charge in [0.25, 0.3) is 0 Å². The quantitative estimate of drug-likeness (QED) is 0.110. The molecule has 2 heterocycles. The molecular weight excluding hydrogens is 650 g/mol. The Morgan fingerprint density at radius 1 is 1.08 bits per heavy atom. The molecule has 0 unspecified atom stereocenters. The molecule has 1 atom stereocenters. The van der Waals surface area contributed by atoms with Crippen molar-refractivity contribution >= 4 is 24.2 Å². The summed E-state index contributed by atoms with van der Waals surface area (Å²) in [5.41, 5.74) is -2.09. The minimum Gasteiger partial charge on any atom is -0.493 e. The molecule has 16 heteroatoms. The summed E-state index contributed by atoms with van der Waals surface area (Å²) in [5.74, 6) is -0.669. The van der Waals surface area contributed by atoms with Crippen molar-refractivity contribution in [2.24, 2.45) is 4.99 Å². The number of carbonyl (C=O) groups is 2. The van der Waals surface area contributed by atoms with Gasteiger partial charge in [-0.2, -0.15) is 26.3 Å². The van der Waals surface area contributed by atoms with Gasteiger partial charge in [-0.25, -0.2) is 14.6 Å². The molecule has 0 aliphatic carbocycles. The molecule has 3 aromatic rings. The number of nitrogens with zero attached hydrogens (tertiary/aromatic N) is 3. The number of oxazole rings is 1. The highest BCUT2D eigenvalue weighted by atomic mass is 19.4. The van der Waals surface area contributed by atoms with Crippen molar-refractivity contribution in [1.29, 1.82) is 0 Å². The largest absolute Gasteiger partial charge is 0.493 e. The van der Waals surface area contributed by atoms with Gasteiger partial charge in [-0.15, -0.1) is 4.99 Å². The molecule has 10 nitrogen and oxygen atoms in total. The Morgan fingerprint density at radius 2 is 1.79 bits per heavy atom. The lowest BCUT2D eigenvalue weighted by atomic mass is 10.1. The Balaban J connectivity index is 1.46. The molecule has 0 radical (unpaired) electrons. The summed E-state index contributed by atoms with van der Waals surface area (Å²) >= 11 is 0. The van der Waals surface area contributed by atoms with Gasteiger partial charge in [0, 0.05) is 12.1 Å². The first-order chi connectivity index (χ1) is 22.4. The second-order valence-electron chi connectivity index (χ2n) is 11.6. The molecule has 0 saturated carbocycles. The predicted molar refractivity (Wildman–Crippen MR) is 161 cm³/mol. The van der Waals surface area contributed by atoms with Crippen LogP contribution in [-0.2, 0) is 17.1 Å². The van der Waals surface area contributed by atoms with Crippen molar-refractivity contribution in [3.8, 4) is 17.0 Å². The van der Waals surface area contributed by atoms with E-state index in [0.29, 0.717) is 18.4 Å². The maximum Gasteiger partial charge on any atom is 0.434 e. The SMILES string of the molecule is CC(C)(C)OC(=O)NC(=NC(=O)O)N1CCC[C@H]1c1nc(-c2ccc(OCCC=Cc3ccc(C(F)(F)F)cc3)c(C(F)(F)F)c2)co1. The second-order valence-corrected chi connectivity index (χ2v) is 11.6. The average Bonchev–Trinajstić information content (AvgIpc) is 3.65. The van der Waals surface area contributed by atoms with Gasteiger partial charge in [0.15, 0.2) is 0 Å². The average molecular weight is 683 g/mol. The fraction of sp³-hybridized carbons (Fsp3) is 0.375. The van der Waals surface area contributed by atoms with Crippen molar-refractivity contribution in [2.75, 3.05) is 13.2 Å². The summed E-state index contributed by atoms with van der Waals surface area (Å²) in [5, 5.41) is 11.6. The van der Waals surface area contributed by atoms with Gasteiger partial charge in [-0.1, -0.05) is 24.3 Å². The molecule has 1 fully saturated rings. The number of hydrogen-bond acceptors (Lipinski definition) is 6. The topological polar surface area (TPSA) is 126 Å². The summed E-state index contributed by atoms with van der Waals surface area (Å²) in [6.07, 6.45) is -6.33. The molecule has 48 heavy (non-hydrogen) atoms. The maximum absolute atomic E-state index is 14.0. The van der Waals surface area contributed by atoms with E-state index < -0.39 is 53.1 Å². The number of carboxylic acid groups (broad SMARTS) is 1. The third-order valence-corrected chi connectivity index (χ3v) is 6.82. The number of alkyl halides is 6. The molecule has 258 valence electrons. The van der Waals surface area contributed by atoms with Crippen LogP contribution in [0.2, 0.25) is 0 Å². The number of ether oxygens (including phenoxy) is 2. The summed E-state index contributed by atoms with van der Waals surface area (Å²) in [4.78, 5) is 33.1. The fourth-order valence-electron chi connectivity index (χ4n) is 4.78. The van der Waals surface area contributed by atoms with E-state index in [9.17, 15) is 41.0 Å². The Hall–Kier alpha value is -5.02. The van der Waals surface area contributed by atoms with Crippen LogP contribution in [0, 0.1) is 0 Å². The van der Waals surface area contributed by atoms with Gasteiger partial charge >= 0.3 is 24.5 Å². The van der Waals surface area contributed by atoms with Crippen molar-refractivity contribution in [2.45, 2.75) is 64.0 Å². The van der Waals surface area contributed by atoms with Crippen molar-refractivity contribution in [3.63, 3.8) is 0 Å². The standard InChI is InChI=1S/C32H32F6N4O6/c1-30(2,3)48-29(45)41-27(40-28(43)44)42-15-6-8-24(42)26-39-23(18-47-26)20-11-14-25(22(17-20)32(36,37)38)46-16-5-4-7-19-9-12-21(13-10-19)31(33,34)35/h4,7,9-14,17-18,24H,5-6,8,15-16H2,1-3H3,(H,43,44)(H,40,41,45)/t24-/m0/s1. The highest BCUT2D eigenvalue weighted by molar-refractivity contribution is 5.98. The number of guanidine groups is 1. The first kappa shape index (κ1) is 35.8. The van der Waals surface area contributed by atoms with Crippen molar-refractivity contribution < 1.29 is 54.9 Å². The third kappa shape index (κ3) is 9.75. The number of alkyl carbamates (subject to hydrolysis) is 1. The minimum absolute atomic E-state index is 0.0697. The summed E-state index contributed by atoms with van der Waals surface area (Å²) < 4.78 is 96.5. The molecule has 2 aromatic carbocycles. The van der Waals surface area contributed by atoms with E-state index in [1.165, 1.54) is 35.4 Å². The second kappa shape index (κ2) is 14.4. The number of nitrogens with one attached hydrogen (secondary N) is 1. The van der Waals surface area contributed by atoms with Crippen molar-refractivity contribution in [1.82, 2.24) is 15.2 Å². The molecule has 1 aliphatic heterocycles. The van der Waals surface area contributed by atoms with Gasteiger partial charge in [0.2, 0.25) is 11.9 Å². The zero-order valence-electron chi connectivity index (χ0n) is 26.0. The lowest BCUT2D eigenvalue weighted by Crippen LogP contribution is -2.46. The highest BCUT2D eigenvalue weighted by Gasteiger charge is 2.37. The number of aromatic nitrogens is 1. The molecule has 2 N–H and O–H groups in total. The zero-order valence-corrected chi connectivity index (χ0v) is 26.0. The zero-order chi connectivity index (χ0) is 35.3. The first-order valence-corrected chi connectivity index (χ1v) is 14.6. The molecule has 2 amide bonds. The van der Waals surface area contributed by atoms with Gasteiger partial charge in [0.1, 0.15) is 29.3 Å². The lowest BCUT2D eigenvalue weighted by Gasteiger charge is -2.26. The lowest BCUT2D eigenvalue weighted by molar-refractivity contribution is -0.139. The van der Waals surface area contributed by atoms with Crippen LogP contribution < -0.4 is 10.1 Å². The van der Waals surface area contributed by atoms with Crippen LogP contribution in [0.15, 0.2) is 64.2 Å². The number of benzene rings is 2. The Labute approximate surface area is 271 Å².